The largest absolute Gasteiger partial charge is 0.504 e. The van der Waals surface area contributed by atoms with Gasteiger partial charge in [0.1, 0.15) is 11.9 Å². The lowest BCUT2D eigenvalue weighted by molar-refractivity contribution is 0.233. The van der Waals surface area contributed by atoms with Gasteiger partial charge in [-0.3, -0.25) is 0 Å². The molecular formula is C18H14O3. The molecule has 0 fully saturated rings. The van der Waals surface area contributed by atoms with Gasteiger partial charge < -0.3 is 14.9 Å². The van der Waals surface area contributed by atoms with Crippen molar-refractivity contribution in [2.24, 2.45) is 0 Å². The first-order valence-electron chi connectivity index (χ1n) is 6.92. The standard InChI is InChI=1S/C18H14O3/c19-14-9-11-5-1-3-7-13(11)17(18(14)20)16-10-12-6-2-4-8-15(12)21-16/h1-9,16,19-20H,10H2. The fourth-order valence-electron chi connectivity index (χ4n) is 3.02. The second-order valence-electron chi connectivity index (χ2n) is 5.30. The fourth-order valence-corrected chi connectivity index (χ4v) is 3.02. The minimum Gasteiger partial charge on any atom is -0.504 e. The smallest absolute Gasteiger partial charge is 0.165 e. The Morgan fingerprint density at radius 1 is 0.952 bits per heavy atom. The van der Waals surface area contributed by atoms with E-state index in [0.717, 1.165) is 22.1 Å². The van der Waals surface area contributed by atoms with Crippen molar-refractivity contribution in [2.75, 3.05) is 0 Å². The Morgan fingerprint density at radius 3 is 2.57 bits per heavy atom. The van der Waals surface area contributed by atoms with Gasteiger partial charge in [0.15, 0.2) is 11.5 Å². The number of fused-ring (bicyclic) bond motifs is 2. The maximum absolute atomic E-state index is 10.3. The van der Waals surface area contributed by atoms with Gasteiger partial charge in [-0.05, 0) is 28.5 Å². The summed E-state index contributed by atoms with van der Waals surface area (Å²) in [5.41, 5.74) is 1.77. The summed E-state index contributed by atoms with van der Waals surface area (Å²) < 4.78 is 5.97. The van der Waals surface area contributed by atoms with Crippen LogP contribution in [0.25, 0.3) is 10.8 Å². The Labute approximate surface area is 122 Å². The average molecular weight is 278 g/mol. The van der Waals surface area contributed by atoms with E-state index in [4.69, 9.17) is 4.74 Å². The maximum Gasteiger partial charge on any atom is 0.165 e. The first kappa shape index (κ1) is 12.1. The van der Waals surface area contributed by atoms with E-state index in [2.05, 4.69) is 0 Å². The molecule has 21 heavy (non-hydrogen) atoms. The Kier molecular flexibility index (Phi) is 2.54. The van der Waals surface area contributed by atoms with E-state index in [9.17, 15) is 10.2 Å². The summed E-state index contributed by atoms with van der Waals surface area (Å²) in [6.07, 6.45) is 0.413. The lowest BCUT2D eigenvalue weighted by Gasteiger charge is -2.16. The van der Waals surface area contributed by atoms with Crippen LogP contribution in [-0.2, 0) is 6.42 Å². The van der Waals surface area contributed by atoms with Crippen LogP contribution in [0.3, 0.4) is 0 Å². The molecule has 3 aromatic rings. The minimum absolute atomic E-state index is 0.0912. The van der Waals surface area contributed by atoms with Gasteiger partial charge >= 0.3 is 0 Å². The molecule has 0 saturated carbocycles. The third-order valence-electron chi connectivity index (χ3n) is 4.01. The zero-order chi connectivity index (χ0) is 14.4. The van der Waals surface area contributed by atoms with Crippen molar-refractivity contribution in [1.82, 2.24) is 0 Å². The average Bonchev–Trinajstić information content (AvgIpc) is 2.92. The molecule has 1 atom stereocenters. The predicted molar refractivity (Wildman–Crippen MR) is 80.8 cm³/mol. The van der Waals surface area contributed by atoms with E-state index in [1.807, 2.05) is 48.5 Å². The molecule has 0 aliphatic carbocycles. The number of phenols is 2. The Balaban J connectivity index is 1.90. The third-order valence-corrected chi connectivity index (χ3v) is 4.01. The molecule has 3 heteroatoms. The van der Waals surface area contributed by atoms with Crippen LogP contribution in [0.15, 0.2) is 54.6 Å². The van der Waals surface area contributed by atoms with E-state index < -0.39 is 0 Å². The molecule has 0 radical (unpaired) electrons. The highest BCUT2D eigenvalue weighted by Crippen LogP contribution is 2.45. The molecule has 0 saturated heterocycles. The van der Waals surface area contributed by atoms with E-state index in [-0.39, 0.29) is 17.6 Å². The Hall–Kier alpha value is -2.68. The summed E-state index contributed by atoms with van der Waals surface area (Å²) in [4.78, 5) is 0. The first-order chi connectivity index (χ1) is 10.2. The van der Waals surface area contributed by atoms with Gasteiger partial charge in [-0.15, -0.1) is 0 Å². The molecule has 0 bridgehead atoms. The number of ether oxygens (including phenoxy) is 1. The number of para-hydroxylation sites is 1. The molecule has 3 aromatic carbocycles. The quantitative estimate of drug-likeness (QED) is 0.663. The number of aromatic hydroxyl groups is 2. The van der Waals surface area contributed by atoms with Crippen LogP contribution < -0.4 is 4.74 Å². The minimum atomic E-state index is -0.278. The normalized spacial score (nSPS) is 16.7. The van der Waals surface area contributed by atoms with Crippen molar-refractivity contribution >= 4 is 10.8 Å². The van der Waals surface area contributed by atoms with Gasteiger partial charge in [0.2, 0.25) is 0 Å². The van der Waals surface area contributed by atoms with E-state index in [1.54, 1.807) is 6.07 Å². The van der Waals surface area contributed by atoms with Gasteiger partial charge in [-0.1, -0.05) is 42.5 Å². The van der Waals surface area contributed by atoms with Crippen LogP contribution in [0.4, 0.5) is 0 Å². The highest BCUT2D eigenvalue weighted by molar-refractivity contribution is 5.90. The topological polar surface area (TPSA) is 49.7 Å². The molecule has 1 aliphatic rings. The van der Waals surface area contributed by atoms with E-state index in [0.29, 0.717) is 12.0 Å². The van der Waals surface area contributed by atoms with Crippen LogP contribution in [0.1, 0.15) is 17.2 Å². The van der Waals surface area contributed by atoms with Crippen LogP contribution >= 0.6 is 0 Å². The maximum atomic E-state index is 10.3. The zero-order valence-electron chi connectivity index (χ0n) is 11.3. The molecule has 1 unspecified atom stereocenters. The monoisotopic (exact) mass is 278 g/mol. The lowest BCUT2D eigenvalue weighted by atomic mass is 9.96. The zero-order valence-corrected chi connectivity index (χ0v) is 11.3. The van der Waals surface area contributed by atoms with Gasteiger partial charge in [-0.2, -0.15) is 0 Å². The number of hydrogen-bond donors (Lipinski definition) is 2. The summed E-state index contributed by atoms with van der Waals surface area (Å²) in [6.45, 7) is 0. The van der Waals surface area contributed by atoms with Crippen molar-refractivity contribution in [2.45, 2.75) is 12.5 Å². The molecule has 0 aromatic heterocycles. The molecule has 2 N–H and O–H groups in total. The molecule has 0 amide bonds. The predicted octanol–water partition coefficient (Wildman–Crippen LogP) is 3.93. The highest BCUT2D eigenvalue weighted by Gasteiger charge is 2.29. The second kappa shape index (κ2) is 4.42. The molecule has 4 rings (SSSR count). The number of benzene rings is 3. The van der Waals surface area contributed by atoms with Crippen molar-refractivity contribution in [1.29, 1.82) is 0 Å². The molecule has 1 heterocycles. The lowest BCUT2D eigenvalue weighted by Crippen LogP contribution is -2.04. The van der Waals surface area contributed by atoms with Crippen molar-refractivity contribution < 1.29 is 14.9 Å². The summed E-state index contributed by atoms with van der Waals surface area (Å²) in [7, 11) is 0. The number of rotatable bonds is 1. The Bertz CT molecular complexity index is 814. The second-order valence-corrected chi connectivity index (χ2v) is 5.30. The highest BCUT2D eigenvalue weighted by atomic mass is 16.5. The van der Waals surface area contributed by atoms with Crippen LogP contribution in [0.2, 0.25) is 0 Å². The summed E-state index contributed by atoms with van der Waals surface area (Å²) in [6, 6.07) is 17.1. The number of hydrogen-bond acceptors (Lipinski definition) is 3. The van der Waals surface area contributed by atoms with Crippen LogP contribution in [0, 0.1) is 0 Å². The van der Waals surface area contributed by atoms with Gasteiger partial charge in [0.05, 0.1) is 0 Å². The first-order valence-corrected chi connectivity index (χ1v) is 6.92. The molecule has 0 spiro atoms. The number of phenolic OH excluding ortho intramolecular Hbond substituents is 2. The fraction of sp³-hybridized carbons (Fsp3) is 0.111. The van der Waals surface area contributed by atoms with Gasteiger partial charge in [0.25, 0.3) is 0 Å². The SMILES string of the molecule is Oc1cc2ccccc2c(C2Cc3ccccc3O2)c1O. The molecular weight excluding hydrogens is 264 g/mol. The van der Waals surface area contributed by atoms with Crippen molar-refractivity contribution in [3.8, 4) is 17.2 Å². The van der Waals surface area contributed by atoms with Crippen LogP contribution in [-0.4, -0.2) is 10.2 Å². The summed E-state index contributed by atoms with van der Waals surface area (Å²) >= 11 is 0. The molecule has 3 nitrogen and oxygen atoms in total. The summed E-state index contributed by atoms with van der Waals surface area (Å²) in [5.74, 6) is 0.643. The third kappa shape index (κ3) is 1.82. The van der Waals surface area contributed by atoms with E-state index >= 15 is 0 Å². The van der Waals surface area contributed by atoms with Gasteiger partial charge in [0, 0.05) is 12.0 Å². The molecule has 104 valence electrons. The van der Waals surface area contributed by atoms with Crippen molar-refractivity contribution in [3.05, 3.63) is 65.7 Å². The van der Waals surface area contributed by atoms with E-state index in [1.165, 1.54) is 0 Å². The van der Waals surface area contributed by atoms with Gasteiger partial charge in [-0.25, -0.2) is 0 Å². The molecule has 1 aliphatic heterocycles. The van der Waals surface area contributed by atoms with Crippen molar-refractivity contribution in [3.63, 3.8) is 0 Å². The Morgan fingerprint density at radius 2 is 1.71 bits per heavy atom. The summed E-state index contributed by atoms with van der Waals surface area (Å²) in [5, 5.41) is 22.1. The van der Waals surface area contributed by atoms with Crippen LogP contribution in [0.5, 0.6) is 17.2 Å².